The van der Waals surface area contributed by atoms with Crippen molar-refractivity contribution in [2.45, 2.75) is 42.9 Å². The van der Waals surface area contributed by atoms with Gasteiger partial charge in [-0.2, -0.15) is 0 Å². The van der Waals surface area contributed by atoms with Gasteiger partial charge in [-0.3, -0.25) is 0 Å². The Morgan fingerprint density at radius 3 is 2.39 bits per heavy atom. The molecular formula is C17H26N2O3S. The van der Waals surface area contributed by atoms with Crippen LogP contribution in [0.25, 0.3) is 0 Å². The zero-order valence-corrected chi connectivity index (χ0v) is 14.5. The Balaban J connectivity index is 1.58. The molecule has 5 nitrogen and oxygen atoms in total. The molecule has 0 aromatic heterocycles. The molecule has 128 valence electrons. The molecule has 1 aliphatic heterocycles. The minimum Gasteiger partial charge on any atom is -0.383 e. The minimum absolute atomic E-state index is 0.0364. The summed E-state index contributed by atoms with van der Waals surface area (Å²) in [7, 11) is -1.75. The summed E-state index contributed by atoms with van der Waals surface area (Å²) in [4.78, 5) is 2.32. The van der Waals surface area contributed by atoms with Crippen molar-refractivity contribution in [3.05, 3.63) is 30.3 Å². The summed E-state index contributed by atoms with van der Waals surface area (Å²) in [6, 6.07) is 10.3. The predicted molar refractivity (Wildman–Crippen MR) is 92.2 cm³/mol. The number of nitrogens with one attached hydrogen (secondary N) is 1. The highest BCUT2D eigenvalue weighted by atomic mass is 32.2. The van der Waals surface area contributed by atoms with Crippen LogP contribution in [-0.2, 0) is 14.8 Å². The Morgan fingerprint density at radius 1 is 1.22 bits per heavy atom. The van der Waals surface area contributed by atoms with Crippen LogP contribution < -0.4 is 9.62 Å². The molecule has 0 unspecified atom stereocenters. The molecule has 0 amide bonds. The van der Waals surface area contributed by atoms with Crippen LogP contribution in [0.4, 0.5) is 5.69 Å². The highest BCUT2D eigenvalue weighted by Crippen LogP contribution is 2.39. The van der Waals surface area contributed by atoms with Gasteiger partial charge in [0, 0.05) is 31.9 Å². The topological polar surface area (TPSA) is 58.6 Å². The first-order valence-electron chi connectivity index (χ1n) is 8.37. The first-order chi connectivity index (χ1) is 11.1. The van der Waals surface area contributed by atoms with Crippen molar-refractivity contribution in [3.63, 3.8) is 0 Å². The van der Waals surface area contributed by atoms with Crippen LogP contribution in [0.5, 0.6) is 0 Å². The number of benzene rings is 1. The molecule has 2 aliphatic rings. The SMILES string of the molecule is COCC1(S(=O)(=O)NC2CCN(c3ccccc3)CC2)CCC1. The molecule has 2 fully saturated rings. The van der Waals surface area contributed by atoms with E-state index in [1.807, 2.05) is 18.2 Å². The summed E-state index contributed by atoms with van der Waals surface area (Å²) in [6.07, 6.45) is 4.07. The number of piperidine rings is 1. The van der Waals surface area contributed by atoms with E-state index in [1.54, 1.807) is 7.11 Å². The summed E-state index contributed by atoms with van der Waals surface area (Å²) < 4.78 is 32.9. The molecule has 6 heteroatoms. The van der Waals surface area contributed by atoms with Gasteiger partial charge in [0.2, 0.25) is 10.0 Å². The van der Waals surface area contributed by atoms with E-state index < -0.39 is 14.8 Å². The van der Waals surface area contributed by atoms with Gasteiger partial charge in [-0.05, 0) is 37.8 Å². The van der Waals surface area contributed by atoms with Crippen molar-refractivity contribution in [2.24, 2.45) is 0 Å². The number of ether oxygens (including phenoxy) is 1. The standard InChI is InChI=1S/C17H26N2O3S/c1-22-14-17(10-5-11-17)23(20,21)18-15-8-12-19(13-9-15)16-6-3-2-4-7-16/h2-4,6-7,15,18H,5,8-14H2,1H3. The lowest BCUT2D eigenvalue weighted by molar-refractivity contribution is 0.125. The molecule has 0 atom stereocenters. The van der Waals surface area contributed by atoms with Crippen LogP contribution in [0.3, 0.4) is 0 Å². The third-order valence-electron chi connectivity index (χ3n) is 5.18. The van der Waals surface area contributed by atoms with Crippen molar-refractivity contribution < 1.29 is 13.2 Å². The van der Waals surface area contributed by atoms with E-state index in [4.69, 9.17) is 4.74 Å². The largest absolute Gasteiger partial charge is 0.383 e. The molecule has 1 aromatic rings. The smallest absolute Gasteiger partial charge is 0.219 e. The van der Waals surface area contributed by atoms with E-state index in [-0.39, 0.29) is 6.04 Å². The Bertz CT molecular complexity index is 606. The normalized spacial score (nSPS) is 21.9. The van der Waals surface area contributed by atoms with E-state index in [0.29, 0.717) is 19.4 Å². The number of sulfonamides is 1. The molecule has 0 bridgehead atoms. The zero-order valence-electron chi connectivity index (χ0n) is 13.7. The minimum atomic E-state index is -3.32. The van der Waals surface area contributed by atoms with Gasteiger partial charge < -0.3 is 9.64 Å². The number of para-hydroxylation sites is 1. The molecule has 0 spiro atoms. The number of hydrogen-bond acceptors (Lipinski definition) is 4. The number of nitrogens with zero attached hydrogens (tertiary/aromatic N) is 1. The fourth-order valence-electron chi connectivity index (χ4n) is 3.56. The molecule has 0 radical (unpaired) electrons. The lowest BCUT2D eigenvalue weighted by atomic mass is 9.85. The zero-order chi connectivity index (χ0) is 16.3. The molecule has 1 aliphatic carbocycles. The number of rotatable bonds is 6. The lowest BCUT2D eigenvalue weighted by Crippen LogP contribution is -2.57. The Kier molecular flexibility index (Phi) is 4.94. The molecule has 1 saturated heterocycles. The number of anilines is 1. The maximum atomic E-state index is 12.7. The molecule has 3 rings (SSSR count). The summed E-state index contributed by atoms with van der Waals surface area (Å²) in [5, 5.41) is 0. The quantitative estimate of drug-likeness (QED) is 0.863. The second kappa shape index (κ2) is 6.79. The first kappa shape index (κ1) is 16.7. The fourth-order valence-corrected chi connectivity index (χ4v) is 5.59. The third kappa shape index (κ3) is 3.39. The molecule has 1 aromatic carbocycles. The maximum absolute atomic E-state index is 12.7. The Morgan fingerprint density at radius 2 is 1.87 bits per heavy atom. The Hall–Kier alpha value is -1.11. The van der Waals surface area contributed by atoms with E-state index in [2.05, 4.69) is 21.8 Å². The second-order valence-corrected chi connectivity index (χ2v) is 8.80. The molecule has 1 saturated carbocycles. The summed E-state index contributed by atoms with van der Waals surface area (Å²) in [6.45, 7) is 2.06. The van der Waals surface area contributed by atoms with Gasteiger partial charge in [-0.15, -0.1) is 0 Å². The molecular weight excluding hydrogens is 312 g/mol. The highest BCUT2D eigenvalue weighted by molar-refractivity contribution is 7.91. The third-order valence-corrected chi connectivity index (χ3v) is 7.49. The van der Waals surface area contributed by atoms with Crippen LogP contribution in [0.15, 0.2) is 30.3 Å². The van der Waals surface area contributed by atoms with Gasteiger partial charge in [0.1, 0.15) is 4.75 Å². The van der Waals surface area contributed by atoms with Crippen molar-refractivity contribution >= 4 is 15.7 Å². The van der Waals surface area contributed by atoms with Crippen molar-refractivity contribution in [2.75, 3.05) is 31.7 Å². The maximum Gasteiger partial charge on any atom is 0.219 e. The Labute approximate surface area is 139 Å². The van der Waals surface area contributed by atoms with Crippen LogP contribution in [0.2, 0.25) is 0 Å². The monoisotopic (exact) mass is 338 g/mol. The van der Waals surface area contributed by atoms with E-state index in [9.17, 15) is 8.42 Å². The number of hydrogen-bond donors (Lipinski definition) is 1. The fraction of sp³-hybridized carbons (Fsp3) is 0.647. The second-order valence-electron chi connectivity index (χ2n) is 6.69. The van der Waals surface area contributed by atoms with Gasteiger partial charge in [-0.1, -0.05) is 24.6 Å². The van der Waals surface area contributed by atoms with Crippen molar-refractivity contribution in [3.8, 4) is 0 Å². The van der Waals surface area contributed by atoms with E-state index in [1.165, 1.54) is 5.69 Å². The van der Waals surface area contributed by atoms with Gasteiger partial charge in [0.15, 0.2) is 0 Å². The summed E-state index contributed by atoms with van der Waals surface area (Å²) >= 11 is 0. The molecule has 1 heterocycles. The van der Waals surface area contributed by atoms with Gasteiger partial charge in [0.25, 0.3) is 0 Å². The van der Waals surface area contributed by atoms with E-state index in [0.717, 1.165) is 32.4 Å². The molecule has 1 N–H and O–H groups in total. The van der Waals surface area contributed by atoms with Gasteiger partial charge >= 0.3 is 0 Å². The summed E-state index contributed by atoms with van der Waals surface area (Å²) in [5.74, 6) is 0. The summed E-state index contributed by atoms with van der Waals surface area (Å²) in [5.41, 5.74) is 1.21. The van der Waals surface area contributed by atoms with E-state index >= 15 is 0 Å². The lowest BCUT2D eigenvalue weighted by Gasteiger charge is -2.42. The molecule has 23 heavy (non-hydrogen) atoms. The van der Waals surface area contributed by atoms with Crippen molar-refractivity contribution in [1.29, 1.82) is 0 Å². The van der Waals surface area contributed by atoms with Crippen LogP contribution in [-0.4, -0.2) is 46.0 Å². The average molecular weight is 338 g/mol. The average Bonchev–Trinajstić information content (AvgIpc) is 2.52. The predicted octanol–water partition coefficient (Wildman–Crippen LogP) is 2.14. The first-order valence-corrected chi connectivity index (χ1v) is 9.85. The van der Waals surface area contributed by atoms with Gasteiger partial charge in [-0.25, -0.2) is 13.1 Å². The number of methoxy groups -OCH3 is 1. The van der Waals surface area contributed by atoms with Crippen LogP contribution in [0.1, 0.15) is 32.1 Å². The van der Waals surface area contributed by atoms with Crippen LogP contribution in [0, 0.1) is 0 Å². The highest BCUT2D eigenvalue weighted by Gasteiger charge is 2.49. The van der Waals surface area contributed by atoms with Crippen molar-refractivity contribution in [1.82, 2.24) is 4.72 Å². The van der Waals surface area contributed by atoms with Crippen LogP contribution >= 0.6 is 0 Å². The van der Waals surface area contributed by atoms with Gasteiger partial charge in [0.05, 0.1) is 6.61 Å².